The summed E-state index contributed by atoms with van der Waals surface area (Å²) in [4.78, 5) is 4.42. The van der Waals surface area contributed by atoms with Crippen LogP contribution < -0.4 is 10.1 Å². The molecule has 2 heterocycles. The monoisotopic (exact) mass is 294 g/mol. The first-order valence-corrected chi connectivity index (χ1v) is 7.05. The molecule has 2 aromatic rings. The average molecular weight is 295 g/mol. The molecule has 0 fully saturated rings. The standard InChI is InChI=1S/C14H19ClN4O/c1-4-19-9-11(7-17-19)20-14-6-5-12(15)13(18-14)8-16-10(2)3/h5-7,9-10,16H,4,8H2,1-3H3. The molecular weight excluding hydrogens is 276 g/mol. The highest BCUT2D eigenvalue weighted by molar-refractivity contribution is 6.31. The normalized spacial score (nSPS) is 11.1. The Hall–Kier alpha value is -1.59. The lowest BCUT2D eigenvalue weighted by Crippen LogP contribution is -2.22. The van der Waals surface area contributed by atoms with Crippen molar-refractivity contribution in [2.75, 3.05) is 0 Å². The topological polar surface area (TPSA) is 52.0 Å². The van der Waals surface area contributed by atoms with Gasteiger partial charge < -0.3 is 10.1 Å². The Morgan fingerprint density at radius 3 is 2.85 bits per heavy atom. The summed E-state index contributed by atoms with van der Waals surface area (Å²) in [5, 5.41) is 8.08. The number of hydrogen-bond acceptors (Lipinski definition) is 4. The minimum atomic E-state index is 0.375. The SMILES string of the molecule is CCn1cc(Oc2ccc(Cl)c(CNC(C)C)n2)cn1. The number of pyridine rings is 1. The molecule has 0 atom stereocenters. The van der Waals surface area contributed by atoms with Gasteiger partial charge in [-0.1, -0.05) is 25.4 Å². The predicted octanol–water partition coefficient (Wildman–Crippen LogP) is 3.24. The molecule has 5 nitrogen and oxygen atoms in total. The zero-order chi connectivity index (χ0) is 14.5. The first kappa shape index (κ1) is 14.8. The fourth-order valence-corrected chi connectivity index (χ4v) is 1.81. The highest BCUT2D eigenvalue weighted by Gasteiger charge is 2.07. The summed E-state index contributed by atoms with van der Waals surface area (Å²) in [7, 11) is 0. The van der Waals surface area contributed by atoms with E-state index in [2.05, 4.69) is 29.2 Å². The van der Waals surface area contributed by atoms with Crippen molar-refractivity contribution in [1.82, 2.24) is 20.1 Å². The van der Waals surface area contributed by atoms with E-state index >= 15 is 0 Å². The van der Waals surface area contributed by atoms with Crippen molar-refractivity contribution in [2.45, 2.75) is 39.9 Å². The van der Waals surface area contributed by atoms with E-state index in [1.165, 1.54) is 0 Å². The minimum Gasteiger partial charge on any atom is -0.436 e. The lowest BCUT2D eigenvalue weighted by atomic mass is 10.3. The molecule has 0 saturated heterocycles. The van der Waals surface area contributed by atoms with Crippen LogP contribution in [0.3, 0.4) is 0 Å². The maximum Gasteiger partial charge on any atom is 0.219 e. The molecule has 2 aromatic heterocycles. The number of nitrogens with zero attached hydrogens (tertiary/aromatic N) is 3. The number of hydrogen-bond donors (Lipinski definition) is 1. The Bertz CT molecular complexity index is 568. The van der Waals surface area contributed by atoms with E-state index in [9.17, 15) is 0 Å². The van der Waals surface area contributed by atoms with Crippen LogP contribution in [-0.2, 0) is 13.1 Å². The van der Waals surface area contributed by atoms with E-state index in [1.807, 2.05) is 13.1 Å². The molecule has 20 heavy (non-hydrogen) atoms. The van der Waals surface area contributed by atoms with Crippen LogP contribution in [0, 0.1) is 0 Å². The van der Waals surface area contributed by atoms with Gasteiger partial charge in [-0.3, -0.25) is 4.68 Å². The highest BCUT2D eigenvalue weighted by Crippen LogP contribution is 2.22. The Balaban J connectivity index is 2.10. The van der Waals surface area contributed by atoms with E-state index in [4.69, 9.17) is 16.3 Å². The van der Waals surface area contributed by atoms with Crippen molar-refractivity contribution >= 4 is 11.6 Å². The van der Waals surface area contributed by atoms with Crippen molar-refractivity contribution in [2.24, 2.45) is 0 Å². The summed E-state index contributed by atoms with van der Waals surface area (Å²) in [6, 6.07) is 3.93. The largest absolute Gasteiger partial charge is 0.436 e. The van der Waals surface area contributed by atoms with Crippen LogP contribution in [0.1, 0.15) is 26.5 Å². The minimum absolute atomic E-state index is 0.375. The quantitative estimate of drug-likeness (QED) is 0.888. The third-order valence-corrected chi connectivity index (χ3v) is 3.07. The van der Waals surface area contributed by atoms with Gasteiger partial charge in [0, 0.05) is 25.2 Å². The summed E-state index contributed by atoms with van der Waals surface area (Å²) >= 11 is 6.13. The van der Waals surface area contributed by atoms with Gasteiger partial charge in [0.05, 0.1) is 23.1 Å². The number of ether oxygens (including phenoxy) is 1. The van der Waals surface area contributed by atoms with Crippen molar-refractivity contribution in [3.8, 4) is 11.6 Å². The molecule has 108 valence electrons. The van der Waals surface area contributed by atoms with Crippen molar-refractivity contribution in [3.05, 3.63) is 35.2 Å². The smallest absolute Gasteiger partial charge is 0.219 e. The molecule has 0 aliphatic heterocycles. The van der Waals surface area contributed by atoms with Crippen molar-refractivity contribution in [3.63, 3.8) is 0 Å². The fourth-order valence-electron chi connectivity index (χ4n) is 1.64. The van der Waals surface area contributed by atoms with Crippen LogP contribution in [0.25, 0.3) is 0 Å². The first-order valence-electron chi connectivity index (χ1n) is 6.67. The summed E-state index contributed by atoms with van der Waals surface area (Å²) in [6.45, 7) is 7.59. The van der Waals surface area contributed by atoms with E-state index in [1.54, 1.807) is 23.0 Å². The lowest BCUT2D eigenvalue weighted by Gasteiger charge is -2.10. The van der Waals surface area contributed by atoms with E-state index in [0.717, 1.165) is 12.2 Å². The molecule has 2 rings (SSSR count). The third-order valence-electron chi connectivity index (χ3n) is 2.73. The maximum absolute atomic E-state index is 6.13. The van der Waals surface area contributed by atoms with Crippen LogP contribution in [0.15, 0.2) is 24.5 Å². The Kier molecular flexibility index (Phi) is 4.98. The summed E-state index contributed by atoms with van der Waals surface area (Å²) in [6.07, 6.45) is 3.51. The van der Waals surface area contributed by atoms with Crippen molar-refractivity contribution in [1.29, 1.82) is 0 Å². The second-order valence-electron chi connectivity index (χ2n) is 4.75. The van der Waals surface area contributed by atoms with E-state index in [0.29, 0.717) is 29.2 Å². The second kappa shape index (κ2) is 6.72. The molecular formula is C14H19ClN4O. The fraction of sp³-hybridized carbons (Fsp3) is 0.429. The van der Waals surface area contributed by atoms with Gasteiger partial charge in [-0.2, -0.15) is 5.10 Å². The van der Waals surface area contributed by atoms with Gasteiger partial charge in [0.15, 0.2) is 5.75 Å². The molecule has 0 saturated carbocycles. The van der Waals surface area contributed by atoms with Gasteiger partial charge in [-0.15, -0.1) is 0 Å². The van der Waals surface area contributed by atoms with Gasteiger partial charge >= 0.3 is 0 Å². The predicted molar refractivity (Wildman–Crippen MR) is 79.2 cm³/mol. The molecule has 6 heteroatoms. The molecule has 0 aromatic carbocycles. The van der Waals surface area contributed by atoms with Crippen LogP contribution in [0.4, 0.5) is 0 Å². The summed E-state index contributed by atoms with van der Waals surface area (Å²) in [5.74, 6) is 1.19. The van der Waals surface area contributed by atoms with Gasteiger partial charge in [0.25, 0.3) is 0 Å². The maximum atomic E-state index is 6.13. The molecule has 0 amide bonds. The average Bonchev–Trinajstić information content (AvgIpc) is 2.87. The van der Waals surface area contributed by atoms with Gasteiger partial charge in [0.1, 0.15) is 0 Å². The number of aryl methyl sites for hydroxylation is 1. The molecule has 0 unspecified atom stereocenters. The number of nitrogens with one attached hydrogen (secondary N) is 1. The molecule has 0 bridgehead atoms. The van der Waals surface area contributed by atoms with Crippen LogP contribution in [-0.4, -0.2) is 20.8 Å². The second-order valence-corrected chi connectivity index (χ2v) is 5.15. The number of halogens is 1. The Morgan fingerprint density at radius 1 is 1.40 bits per heavy atom. The summed E-state index contributed by atoms with van der Waals surface area (Å²) in [5.41, 5.74) is 0.778. The van der Waals surface area contributed by atoms with Gasteiger partial charge in [-0.25, -0.2) is 4.98 Å². The molecule has 1 N–H and O–H groups in total. The molecule has 0 aliphatic rings. The first-order chi connectivity index (χ1) is 9.58. The van der Waals surface area contributed by atoms with Crippen molar-refractivity contribution < 1.29 is 4.74 Å². The van der Waals surface area contributed by atoms with E-state index < -0.39 is 0 Å². The molecule has 0 aliphatic carbocycles. The third kappa shape index (κ3) is 3.95. The zero-order valence-corrected chi connectivity index (χ0v) is 12.7. The summed E-state index contributed by atoms with van der Waals surface area (Å²) < 4.78 is 7.48. The number of aromatic nitrogens is 3. The molecule has 0 spiro atoms. The van der Waals surface area contributed by atoms with E-state index in [-0.39, 0.29) is 0 Å². The van der Waals surface area contributed by atoms with Gasteiger partial charge in [-0.05, 0) is 13.0 Å². The number of rotatable bonds is 6. The Labute approximate surface area is 123 Å². The zero-order valence-electron chi connectivity index (χ0n) is 11.9. The van der Waals surface area contributed by atoms with Crippen LogP contribution >= 0.6 is 11.6 Å². The molecule has 0 radical (unpaired) electrons. The van der Waals surface area contributed by atoms with Crippen LogP contribution in [0.5, 0.6) is 11.6 Å². The Morgan fingerprint density at radius 2 is 2.20 bits per heavy atom. The van der Waals surface area contributed by atoms with Crippen LogP contribution in [0.2, 0.25) is 5.02 Å². The lowest BCUT2D eigenvalue weighted by molar-refractivity contribution is 0.457. The highest BCUT2D eigenvalue weighted by atomic mass is 35.5. The van der Waals surface area contributed by atoms with Gasteiger partial charge in [0.2, 0.25) is 5.88 Å².